The zero-order valence-corrected chi connectivity index (χ0v) is 19.6. The number of nitrogens with one attached hydrogen (secondary N) is 3. The average Bonchev–Trinajstić information content (AvgIpc) is 2.81. The number of rotatable bonds is 12. The summed E-state index contributed by atoms with van der Waals surface area (Å²) in [6.07, 6.45) is 3.18. The van der Waals surface area contributed by atoms with E-state index in [0.29, 0.717) is 23.3 Å². The molecular weight excluding hydrogens is 442 g/mol. The Hall–Kier alpha value is -3.19. The molecule has 3 amide bonds. The van der Waals surface area contributed by atoms with Crippen LogP contribution in [-0.2, 0) is 20.8 Å². The van der Waals surface area contributed by atoms with Gasteiger partial charge >= 0.3 is 0 Å². The molecule has 2 rings (SSSR count). The molecule has 0 fully saturated rings. The Morgan fingerprint density at radius 1 is 0.970 bits per heavy atom. The molecule has 0 radical (unpaired) electrons. The highest BCUT2D eigenvalue weighted by atomic mass is 35.5. The minimum Gasteiger partial charge on any atom is -0.345 e. The van der Waals surface area contributed by atoms with E-state index in [-0.39, 0.29) is 6.42 Å². The van der Waals surface area contributed by atoms with Crippen molar-refractivity contribution in [2.75, 3.05) is 0 Å². The van der Waals surface area contributed by atoms with Crippen LogP contribution in [0.1, 0.15) is 49.0 Å². The molecule has 3 N–H and O–H groups in total. The van der Waals surface area contributed by atoms with Crippen LogP contribution >= 0.6 is 11.6 Å². The van der Waals surface area contributed by atoms with Crippen LogP contribution in [0.2, 0.25) is 5.02 Å². The second-order valence-corrected chi connectivity index (χ2v) is 8.29. The molecule has 3 atom stereocenters. The van der Waals surface area contributed by atoms with Crippen molar-refractivity contribution in [3.63, 3.8) is 0 Å². The monoisotopic (exact) mass is 471 g/mol. The van der Waals surface area contributed by atoms with E-state index in [1.165, 1.54) is 13.0 Å². The van der Waals surface area contributed by atoms with Gasteiger partial charge in [0.2, 0.25) is 11.8 Å². The molecule has 8 heteroatoms. The van der Waals surface area contributed by atoms with Crippen molar-refractivity contribution in [2.24, 2.45) is 0 Å². The van der Waals surface area contributed by atoms with Crippen molar-refractivity contribution in [2.45, 2.75) is 57.7 Å². The Balaban J connectivity index is 2.09. The van der Waals surface area contributed by atoms with Gasteiger partial charge in [0, 0.05) is 17.0 Å². The van der Waals surface area contributed by atoms with Gasteiger partial charge in [0.1, 0.15) is 18.4 Å². The minimum atomic E-state index is -0.920. The van der Waals surface area contributed by atoms with E-state index < -0.39 is 35.8 Å². The van der Waals surface area contributed by atoms with Gasteiger partial charge in [-0.15, -0.1) is 0 Å². The predicted molar refractivity (Wildman–Crippen MR) is 128 cm³/mol. The van der Waals surface area contributed by atoms with E-state index >= 15 is 0 Å². The third kappa shape index (κ3) is 8.69. The highest BCUT2D eigenvalue weighted by Gasteiger charge is 2.26. The van der Waals surface area contributed by atoms with Crippen molar-refractivity contribution < 1.29 is 19.2 Å². The quantitative estimate of drug-likeness (QED) is 0.414. The number of amides is 3. The number of halogens is 1. The molecule has 0 spiro atoms. The average molecular weight is 472 g/mol. The first-order valence-corrected chi connectivity index (χ1v) is 11.4. The highest BCUT2D eigenvalue weighted by Crippen LogP contribution is 2.12. The number of unbranched alkanes of at least 4 members (excludes halogenated alkanes) is 1. The van der Waals surface area contributed by atoms with Crippen LogP contribution in [0.15, 0.2) is 54.6 Å². The lowest BCUT2D eigenvalue weighted by molar-refractivity contribution is -0.130. The van der Waals surface area contributed by atoms with Gasteiger partial charge < -0.3 is 20.7 Å². The smallest absolute Gasteiger partial charge is 0.251 e. The summed E-state index contributed by atoms with van der Waals surface area (Å²) >= 11 is 5.98. The van der Waals surface area contributed by atoms with Gasteiger partial charge in [-0.3, -0.25) is 14.4 Å². The fraction of sp³-hybridized carbons (Fsp3) is 0.360. The van der Waals surface area contributed by atoms with Gasteiger partial charge in [-0.1, -0.05) is 67.8 Å². The molecule has 0 aliphatic heterocycles. The summed E-state index contributed by atoms with van der Waals surface area (Å²) in [5.41, 5.74) is 1.17. The zero-order valence-electron chi connectivity index (χ0n) is 18.8. The summed E-state index contributed by atoms with van der Waals surface area (Å²) in [6.45, 7) is 3.53. The van der Waals surface area contributed by atoms with Crippen molar-refractivity contribution >= 4 is 35.6 Å². The van der Waals surface area contributed by atoms with Gasteiger partial charge in [-0.25, -0.2) is 0 Å². The van der Waals surface area contributed by atoms with E-state index in [0.717, 1.165) is 18.4 Å². The van der Waals surface area contributed by atoms with Gasteiger partial charge in [-0.05, 0) is 37.1 Å². The van der Waals surface area contributed by atoms with Crippen LogP contribution in [-0.4, -0.2) is 42.1 Å². The largest absolute Gasteiger partial charge is 0.345 e. The Morgan fingerprint density at radius 3 is 2.33 bits per heavy atom. The summed E-state index contributed by atoms with van der Waals surface area (Å²) in [6, 6.07) is 13.3. The van der Waals surface area contributed by atoms with Crippen LogP contribution in [0.4, 0.5) is 0 Å². The first-order chi connectivity index (χ1) is 15.8. The summed E-state index contributed by atoms with van der Waals surface area (Å²) in [5.74, 6) is -1.42. The molecule has 0 saturated heterocycles. The van der Waals surface area contributed by atoms with E-state index in [1.54, 1.807) is 18.2 Å². The molecule has 7 nitrogen and oxygen atoms in total. The summed E-state index contributed by atoms with van der Waals surface area (Å²) in [5, 5.41) is 8.43. The maximum Gasteiger partial charge on any atom is 0.251 e. The van der Waals surface area contributed by atoms with E-state index in [9.17, 15) is 19.2 Å². The maximum absolute atomic E-state index is 13.0. The van der Waals surface area contributed by atoms with Gasteiger partial charge in [0.25, 0.3) is 5.91 Å². The normalized spacial score (nSPS) is 13.3. The number of hydrogen-bond donors (Lipinski definition) is 3. The lowest BCUT2D eigenvalue weighted by atomic mass is 10.0. The van der Waals surface area contributed by atoms with Crippen molar-refractivity contribution in [1.29, 1.82) is 0 Å². The lowest BCUT2D eigenvalue weighted by Crippen LogP contribution is -2.54. The molecule has 0 aromatic heterocycles. The first kappa shape index (κ1) is 26.1. The fourth-order valence-electron chi connectivity index (χ4n) is 3.22. The molecular formula is C25H30ClN3O4. The molecule has 0 aliphatic carbocycles. The van der Waals surface area contributed by atoms with Gasteiger partial charge in [0.15, 0.2) is 0 Å². The van der Waals surface area contributed by atoms with Crippen molar-refractivity contribution in [3.05, 3.63) is 70.7 Å². The molecule has 33 heavy (non-hydrogen) atoms. The van der Waals surface area contributed by atoms with Crippen molar-refractivity contribution in [3.8, 4) is 0 Å². The predicted octanol–water partition coefficient (Wildman–Crippen LogP) is 3.06. The van der Waals surface area contributed by atoms with Crippen LogP contribution in [0, 0.1) is 0 Å². The Labute approximate surface area is 199 Å². The highest BCUT2D eigenvalue weighted by molar-refractivity contribution is 6.31. The minimum absolute atomic E-state index is 0.237. The van der Waals surface area contributed by atoms with Crippen molar-refractivity contribution in [1.82, 2.24) is 16.0 Å². The summed E-state index contributed by atoms with van der Waals surface area (Å²) in [4.78, 5) is 49.5. The molecule has 176 valence electrons. The molecule has 3 unspecified atom stereocenters. The molecule has 0 aliphatic rings. The van der Waals surface area contributed by atoms with Gasteiger partial charge in [-0.2, -0.15) is 0 Å². The van der Waals surface area contributed by atoms with Crippen LogP contribution in [0.25, 0.3) is 0 Å². The van der Waals surface area contributed by atoms with Crippen LogP contribution in [0.3, 0.4) is 0 Å². The second-order valence-electron chi connectivity index (χ2n) is 7.85. The molecule has 0 saturated carbocycles. The Morgan fingerprint density at radius 2 is 1.70 bits per heavy atom. The van der Waals surface area contributed by atoms with Crippen LogP contribution in [0.5, 0.6) is 0 Å². The zero-order chi connectivity index (χ0) is 24.2. The molecule has 2 aromatic rings. The van der Waals surface area contributed by atoms with E-state index in [4.69, 9.17) is 11.6 Å². The molecule has 0 heterocycles. The fourth-order valence-corrected chi connectivity index (χ4v) is 3.41. The first-order valence-electron chi connectivity index (χ1n) is 11.0. The number of benzene rings is 2. The Kier molecular flexibility index (Phi) is 10.6. The number of hydrogen-bond acceptors (Lipinski definition) is 4. The molecule has 0 bridgehead atoms. The van der Waals surface area contributed by atoms with Crippen LogP contribution < -0.4 is 16.0 Å². The third-order valence-corrected chi connectivity index (χ3v) is 5.34. The topological polar surface area (TPSA) is 104 Å². The number of carbonyl (C=O) groups excluding carboxylic acids is 4. The summed E-state index contributed by atoms with van der Waals surface area (Å²) < 4.78 is 0. The van der Waals surface area contributed by atoms with Gasteiger partial charge in [0.05, 0.1) is 6.04 Å². The van der Waals surface area contributed by atoms with E-state index in [2.05, 4.69) is 16.0 Å². The standard InChI is InChI=1S/C25H30ClN3O4/c1-3-4-13-21(16-30)28-23(31)17(2)27-25(33)22(14-18-9-6-5-7-10-18)29-24(32)19-11-8-12-20(26)15-19/h5-12,15-17,21-22H,3-4,13-14H2,1-2H3,(H,27,33)(H,28,31)(H,29,32). The number of aldehydes is 1. The lowest BCUT2D eigenvalue weighted by Gasteiger charge is -2.22. The summed E-state index contributed by atoms with van der Waals surface area (Å²) in [7, 11) is 0. The van der Waals surface area contributed by atoms with E-state index in [1.807, 2.05) is 37.3 Å². The molecule has 2 aromatic carbocycles. The number of carbonyl (C=O) groups is 4. The Bertz CT molecular complexity index is 952. The second kappa shape index (κ2) is 13.4. The maximum atomic E-state index is 13.0. The SMILES string of the molecule is CCCCC(C=O)NC(=O)C(C)NC(=O)C(Cc1ccccc1)NC(=O)c1cccc(Cl)c1. The third-order valence-electron chi connectivity index (χ3n) is 5.10.